The van der Waals surface area contributed by atoms with Crippen molar-refractivity contribution in [2.75, 3.05) is 26.2 Å². The Bertz CT molecular complexity index is 924. The first-order valence-electron chi connectivity index (χ1n) is 10.1. The normalized spacial score (nSPS) is 11.0. The minimum absolute atomic E-state index is 0.236. The van der Waals surface area contributed by atoms with Crippen molar-refractivity contribution >= 4 is 16.9 Å². The molecule has 1 aromatic heterocycles. The van der Waals surface area contributed by atoms with E-state index in [0.717, 1.165) is 42.9 Å². The smallest absolute Gasteiger partial charge is 0.271 e. The van der Waals surface area contributed by atoms with Gasteiger partial charge in [0.1, 0.15) is 11.4 Å². The van der Waals surface area contributed by atoms with Crippen molar-refractivity contribution in [1.82, 2.24) is 20.2 Å². The number of rotatable bonds is 10. The van der Waals surface area contributed by atoms with E-state index in [1.165, 1.54) is 6.20 Å². The number of hydrogen-bond acceptors (Lipinski definition) is 5. The molecule has 0 atom stereocenters. The average Bonchev–Trinajstić information content (AvgIpc) is 2.78. The van der Waals surface area contributed by atoms with Gasteiger partial charge in [0.25, 0.3) is 5.91 Å². The van der Waals surface area contributed by atoms with Crippen LogP contribution in [0.25, 0.3) is 11.0 Å². The number of para-hydroxylation sites is 2. The highest BCUT2D eigenvalue weighted by molar-refractivity contribution is 5.93. The first kappa shape index (κ1) is 20.7. The standard InChI is InChI=1S/C23H28N4O2/c1-3-27(4-2)14-7-15-29-19-12-10-18(11-13-19)16-25-23(28)22-17-24-20-8-5-6-9-21(20)26-22/h5-6,8-13,17H,3-4,7,14-16H2,1-2H3,(H,25,28). The Balaban J connectivity index is 1.46. The molecule has 0 aliphatic heterocycles. The lowest BCUT2D eigenvalue weighted by atomic mass is 10.2. The van der Waals surface area contributed by atoms with Crippen molar-refractivity contribution in [2.45, 2.75) is 26.8 Å². The highest BCUT2D eigenvalue weighted by Gasteiger charge is 2.09. The zero-order chi connectivity index (χ0) is 20.5. The second kappa shape index (κ2) is 10.5. The molecule has 0 aliphatic carbocycles. The Morgan fingerprint density at radius 2 is 1.76 bits per heavy atom. The summed E-state index contributed by atoms with van der Waals surface area (Å²) in [6.07, 6.45) is 2.51. The van der Waals surface area contributed by atoms with Gasteiger partial charge in [-0.05, 0) is 49.3 Å². The van der Waals surface area contributed by atoms with E-state index in [9.17, 15) is 4.79 Å². The van der Waals surface area contributed by atoms with Crippen molar-refractivity contribution in [1.29, 1.82) is 0 Å². The highest BCUT2D eigenvalue weighted by atomic mass is 16.5. The number of carbonyl (C=O) groups is 1. The number of hydrogen-bond donors (Lipinski definition) is 1. The molecular weight excluding hydrogens is 364 g/mol. The van der Waals surface area contributed by atoms with Gasteiger partial charge in [0.15, 0.2) is 0 Å². The number of nitrogens with zero attached hydrogens (tertiary/aromatic N) is 3. The van der Waals surface area contributed by atoms with Gasteiger partial charge in [0.2, 0.25) is 0 Å². The second-order valence-corrected chi connectivity index (χ2v) is 6.80. The fourth-order valence-electron chi connectivity index (χ4n) is 3.06. The number of carbonyl (C=O) groups excluding carboxylic acids is 1. The van der Waals surface area contributed by atoms with Crippen LogP contribution < -0.4 is 10.1 Å². The van der Waals surface area contributed by atoms with Gasteiger partial charge in [-0.25, -0.2) is 4.98 Å². The first-order valence-corrected chi connectivity index (χ1v) is 10.1. The Morgan fingerprint density at radius 1 is 1.03 bits per heavy atom. The molecule has 0 bridgehead atoms. The van der Waals surface area contributed by atoms with Gasteiger partial charge in [0.05, 0.1) is 23.8 Å². The molecule has 0 saturated heterocycles. The maximum Gasteiger partial charge on any atom is 0.271 e. The summed E-state index contributed by atoms with van der Waals surface area (Å²) in [5.41, 5.74) is 2.80. The van der Waals surface area contributed by atoms with Gasteiger partial charge >= 0.3 is 0 Å². The van der Waals surface area contributed by atoms with E-state index in [4.69, 9.17) is 4.74 Å². The zero-order valence-corrected chi connectivity index (χ0v) is 17.1. The topological polar surface area (TPSA) is 67.3 Å². The number of fused-ring (bicyclic) bond motifs is 1. The predicted molar refractivity (Wildman–Crippen MR) is 115 cm³/mol. The molecule has 3 aromatic rings. The van der Waals surface area contributed by atoms with Crippen LogP contribution in [0.5, 0.6) is 5.75 Å². The molecule has 3 rings (SSSR count). The Hall–Kier alpha value is -2.99. The summed E-state index contributed by atoms with van der Waals surface area (Å²) in [6.45, 7) is 8.67. The molecule has 6 heteroatoms. The summed E-state index contributed by atoms with van der Waals surface area (Å²) < 4.78 is 5.80. The van der Waals surface area contributed by atoms with Crippen LogP contribution in [0.3, 0.4) is 0 Å². The molecule has 6 nitrogen and oxygen atoms in total. The lowest BCUT2D eigenvalue weighted by Crippen LogP contribution is -2.25. The van der Waals surface area contributed by atoms with Gasteiger partial charge in [-0.3, -0.25) is 9.78 Å². The first-order chi connectivity index (χ1) is 14.2. The third-order valence-electron chi connectivity index (χ3n) is 4.84. The van der Waals surface area contributed by atoms with Gasteiger partial charge < -0.3 is 15.0 Å². The van der Waals surface area contributed by atoms with E-state index in [2.05, 4.69) is 34.0 Å². The summed E-state index contributed by atoms with van der Waals surface area (Å²) in [4.78, 5) is 23.4. The van der Waals surface area contributed by atoms with Crippen LogP contribution >= 0.6 is 0 Å². The second-order valence-electron chi connectivity index (χ2n) is 6.80. The summed E-state index contributed by atoms with van der Waals surface area (Å²) in [5.74, 6) is 0.611. The third-order valence-corrected chi connectivity index (χ3v) is 4.84. The molecule has 0 spiro atoms. The predicted octanol–water partition coefficient (Wildman–Crippen LogP) is 3.67. The molecule has 0 aliphatic rings. The van der Waals surface area contributed by atoms with Gasteiger partial charge in [-0.15, -0.1) is 0 Å². The van der Waals surface area contributed by atoms with Crippen molar-refractivity contribution in [3.63, 3.8) is 0 Å². The van der Waals surface area contributed by atoms with Crippen LogP contribution in [0.2, 0.25) is 0 Å². The van der Waals surface area contributed by atoms with Crippen LogP contribution in [0, 0.1) is 0 Å². The van der Waals surface area contributed by atoms with E-state index in [1.54, 1.807) is 0 Å². The number of nitrogens with one attached hydrogen (secondary N) is 1. The Labute approximate surface area is 171 Å². The quantitative estimate of drug-likeness (QED) is 0.533. The maximum absolute atomic E-state index is 12.4. The molecule has 0 fully saturated rings. The number of aromatic nitrogens is 2. The Morgan fingerprint density at radius 3 is 2.48 bits per heavy atom. The fourth-order valence-corrected chi connectivity index (χ4v) is 3.06. The summed E-state index contributed by atoms with van der Waals surface area (Å²) in [7, 11) is 0. The molecule has 1 amide bonds. The number of benzene rings is 2. The number of amides is 1. The summed E-state index contributed by atoms with van der Waals surface area (Å²) >= 11 is 0. The molecule has 2 aromatic carbocycles. The van der Waals surface area contributed by atoms with Crippen molar-refractivity contribution in [3.05, 3.63) is 66.0 Å². The average molecular weight is 393 g/mol. The molecule has 0 radical (unpaired) electrons. The van der Waals surface area contributed by atoms with Gasteiger partial charge in [-0.1, -0.05) is 38.1 Å². The monoisotopic (exact) mass is 392 g/mol. The third kappa shape index (κ3) is 5.99. The minimum atomic E-state index is -0.236. The lowest BCUT2D eigenvalue weighted by molar-refractivity contribution is 0.0946. The molecule has 0 unspecified atom stereocenters. The molecule has 1 N–H and O–H groups in total. The maximum atomic E-state index is 12.4. The lowest BCUT2D eigenvalue weighted by Gasteiger charge is -2.17. The van der Waals surface area contributed by atoms with Crippen LogP contribution in [0.15, 0.2) is 54.7 Å². The minimum Gasteiger partial charge on any atom is -0.494 e. The molecule has 29 heavy (non-hydrogen) atoms. The number of ether oxygens (including phenoxy) is 1. The fraction of sp³-hybridized carbons (Fsp3) is 0.348. The van der Waals surface area contributed by atoms with Crippen LogP contribution in [-0.4, -0.2) is 47.0 Å². The van der Waals surface area contributed by atoms with Crippen LogP contribution in [0.1, 0.15) is 36.3 Å². The summed E-state index contributed by atoms with van der Waals surface area (Å²) in [5, 5.41) is 2.89. The Kier molecular flexibility index (Phi) is 7.53. The SMILES string of the molecule is CCN(CC)CCCOc1ccc(CNC(=O)c2cnc3ccccc3n2)cc1. The van der Waals surface area contributed by atoms with Crippen molar-refractivity contribution in [2.24, 2.45) is 0 Å². The van der Waals surface area contributed by atoms with Crippen molar-refractivity contribution in [3.8, 4) is 5.75 Å². The zero-order valence-electron chi connectivity index (χ0n) is 17.1. The molecular formula is C23H28N4O2. The van der Waals surface area contributed by atoms with E-state index < -0.39 is 0 Å². The van der Waals surface area contributed by atoms with Crippen LogP contribution in [-0.2, 0) is 6.54 Å². The van der Waals surface area contributed by atoms with Gasteiger partial charge in [-0.2, -0.15) is 0 Å². The van der Waals surface area contributed by atoms with E-state index in [-0.39, 0.29) is 5.91 Å². The molecule has 1 heterocycles. The summed E-state index contributed by atoms with van der Waals surface area (Å²) in [6, 6.07) is 15.3. The highest BCUT2D eigenvalue weighted by Crippen LogP contribution is 2.13. The van der Waals surface area contributed by atoms with E-state index in [0.29, 0.717) is 24.4 Å². The van der Waals surface area contributed by atoms with Crippen molar-refractivity contribution < 1.29 is 9.53 Å². The molecule has 0 saturated carbocycles. The van der Waals surface area contributed by atoms with Crippen LogP contribution in [0.4, 0.5) is 0 Å². The molecule has 152 valence electrons. The van der Waals surface area contributed by atoms with E-state index in [1.807, 2.05) is 48.5 Å². The van der Waals surface area contributed by atoms with Gasteiger partial charge in [0, 0.05) is 13.1 Å². The largest absolute Gasteiger partial charge is 0.494 e. The van der Waals surface area contributed by atoms with E-state index >= 15 is 0 Å².